The first-order valence-corrected chi connectivity index (χ1v) is 6.49. The van der Waals surface area contributed by atoms with Crippen LogP contribution in [0, 0.1) is 0 Å². The van der Waals surface area contributed by atoms with Gasteiger partial charge >= 0.3 is 0 Å². The van der Waals surface area contributed by atoms with E-state index in [1.807, 2.05) is 13.8 Å². The monoisotopic (exact) mass is 232 g/mol. The Hall–Kier alpha value is -1.28. The van der Waals surface area contributed by atoms with E-state index >= 15 is 0 Å². The van der Waals surface area contributed by atoms with Crippen molar-refractivity contribution >= 4 is 11.3 Å². The van der Waals surface area contributed by atoms with Crippen LogP contribution in [0.5, 0.6) is 0 Å². The maximum Gasteiger partial charge on any atom is 0.0373 e. The van der Waals surface area contributed by atoms with Crippen molar-refractivity contribution in [3.05, 3.63) is 36.4 Å². The van der Waals surface area contributed by atoms with Gasteiger partial charge in [0.15, 0.2) is 0 Å². The fourth-order valence-electron chi connectivity index (χ4n) is 1.89. The maximum atomic E-state index is 3.98. The molecule has 2 rings (SSSR count). The molecule has 0 bridgehead atoms. The molecule has 1 fully saturated rings. The molecule has 1 heterocycles. The van der Waals surface area contributed by atoms with E-state index in [-0.39, 0.29) is 0 Å². The number of allylic oxidation sites excluding steroid dienone is 1. The Kier molecular flexibility index (Phi) is 5.78. The number of hydrogen-bond donors (Lipinski definition) is 1. The molecule has 1 aliphatic heterocycles. The van der Waals surface area contributed by atoms with Gasteiger partial charge in [0.05, 0.1) is 0 Å². The summed E-state index contributed by atoms with van der Waals surface area (Å²) < 4.78 is 0. The quantitative estimate of drug-likeness (QED) is 0.842. The molecule has 0 unspecified atom stereocenters. The molecule has 0 saturated carbocycles. The predicted molar refractivity (Wildman–Crippen MR) is 77.6 cm³/mol. The van der Waals surface area contributed by atoms with E-state index in [4.69, 9.17) is 0 Å². The van der Waals surface area contributed by atoms with E-state index in [1.165, 1.54) is 11.3 Å². The average molecular weight is 232 g/mol. The van der Waals surface area contributed by atoms with Gasteiger partial charge in [-0.25, -0.2) is 0 Å². The number of nitrogens with zero attached hydrogens (tertiary/aromatic N) is 1. The third kappa shape index (κ3) is 3.90. The largest absolute Gasteiger partial charge is 0.369 e. The Morgan fingerprint density at radius 3 is 2.47 bits per heavy atom. The number of hydrogen-bond acceptors (Lipinski definition) is 2. The third-order valence-corrected chi connectivity index (χ3v) is 2.82. The lowest BCUT2D eigenvalue weighted by Crippen LogP contribution is -2.43. The number of benzene rings is 1. The lowest BCUT2D eigenvalue weighted by atomic mass is 10.1. The summed E-state index contributed by atoms with van der Waals surface area (Å²) in [4.78, 5) is 2.42. The van der Waals surface area contributed by atoms with Crippen molar-refractivity contribution < 1.29 is 0 Å². The molecule has 17 heavy (non-hydrogen) atoms. The summed E-state index contributed by atoms with van der Waals surface area (Å²) >= 11 is 0. The Labute approximate surface area is 105 Å². The molecular formula is C15H24N2. The Morgan fingerprint density at radius 1 is 1.24 bits per heavy atom. The smallest absolute Gasteiger partial charge is 0.0373 e. The van der Waals surface area contributed by atoms with Gasteiger partial charge in [-0.1, -0.05) is 38.1 Å². The van der Waals surface area contributed by atoms with Gasteiger partial charge < -0.3 is 10.2 Å². The highest BCUT2D eigenvalue weighted by Crippen LogP contribution is 2.20. The Morgan fingerprint density at radius 2 is 1.88 bits per heavy atom. The molecule has 0 atom stereocenters. The van der Waals surface area contributed by atoms with Crippen molar-refractivity contribution in [1.29, 1.82) is 0 Å². The van der Waals surface area contributed by atoms with E-state index < -0.39 is 0 Å². The molecule has 2 heteroatoms. The summed E-state index contributed by atoms with van der Waals surface area (Å²) in [7, 11) is 0. The fraction of sp³-hybridized carbons (Fsp3) is 0.467. The highest BCUT2D eigenvalue weighted by atomic mass is 15.2. The van der Waals surface area contributed by atoms with E-state index in [2.05, 4.69) is 48.0 Å². The van der Waals surface area contributed by atoms with Crippen LogP contribution in [0.25, 0.3) is 5.57 Å². The van der Waals surface area contributed by atoms with Crippen LogP contribution in [0.1, 0.15) is 26.3 Å². The molecule has 1 N–H and O–H groups in total. The molecule has 0 aliphatic carbocycles. The molecule has 0 amide bonds. The van der Waals surface area contributed by atoms with Crippen LogP contribution in [-0.4, -0.2) is 26.2 Å². The van der Waals surface area contributed by atoms with Gasteiger partial charge in [-0.15, -0.1) is 0 Å². The molecule has 0 radical (unpaired) electrons. The van der Waals surface area contributed by atoms with E-state index in [1.54, 1.807) is 0 Å². The van der Waals surface area contributed by atoms with Crippen molar-refractivity contribution in [2.75, 3.05) is 31.1 Å². The van der Waals surface area contributed by atoms with Gasteiger partial charge in [0.1, 0.15) is 0 Å². The molecule has 1 aromatic rings. The maximum absolute atomic E-state index is 3.98. The predicted octanol–water partition coefficient (Wildman–Crippen LogP) is 3.16. The first kappa shape index (κ1) is 13.8. The molecule has 94 valence electrons. The highest BCUT2D eigenvalue weighted by Gasteiger charge is 2.10. The minimum atomic E-state index is 1.08. The van der Waals surface area contributed by atoms with Gasteiger partial charge in [0, 0.05) is 31.9 Å². The van der Waals surface area contributed by atoms with E-state index in [0.29, 0.717) is 0 Å². The summed E-state index contributed by atoms with van der Waals surface area (Å²) in [5.74, 6) is 0. The van der Waals surface area contributed by atoms with Gasteiger partial charge in [-0.2, -0.15) is 0 Å². The standard InChI is InChI=1S/C13H18N2.C2H6/c1-11(2)12-4-3-5-13(10-12)15-8-6-14-7-9-15;1-2/h3-5,10,14H,1,6-9H2,2H3;1-2H3. The highest BCUT2D eigenvalue weighted by molar-refractivity contribution is 5.66. The molecule has 2 nitrogen and oxygen atoms in total. The molecule has 1 saturated heterocycles. The van der Waals surface area contributed by atoms with E-state index in [0.717, 1.165) is 31.8 Å². The van der Waals surface area contributed by atoms with Gasteiger partial charge in [-0.3, -0.25) is 0 Å². The van der Waals surface area contributed by atoms with Crippen molar-refractivity contribution in [3.8, 4) is 0 Å². The number of anilines is 1. The van der Waals surface area contributed by atoms with Gasteiger partial charge in [0.2, 0.25) is 0 Å². The summed E-state index contributed by atoms with van der Waals surface area (Å²) in [5.41, 5.74) is 3.69. The van der Waals surface area contributed by atoms with Crippen LogP contribution in [0.15, 0.2) is 30.8 Å². The Balaban J connectivity index is 0.000000686. The molecular weight excluding hydrogens is 208 g/mol. The first-order chi connectivity index (χ1) is 8.27. The van der Waals surface area contributed by atoms with Crippen LogP contribution in [0.3, 0.4) is 0 Å². The molecule has 1 aliphatic rings. The minimum Gasteiger partial charge on any atom is -0.369 e. The normalized spacial score (nSPS) is 14.9. The summed E-state index contributed by atoms with van der Waals surface area (Å²) in [5, 5.41) is 3.36. The third-order valence-electron chi connectivity index (χ3n) is 2.82. The summed E-state index contributed by atoms with van der Waals surface area (Å²) in [6.45, 7) is 14.4. The molecule has 1 aromatic carbocycles. The van der Waals surface area contributed by atoms with Gasteiger partial charge in [-0.05, 0) is 24.6 Å². The Bertz CT molecular complexity index is 352. The van der Waals surface area contributed by atoms with Crippen molar-refractivity contribution in [2.24, 2.45) is 0 Å². The second-order valence-corrected chi connectivity index (χ2v) is 4.07. The SMILES string of the molecule is C=C(C)c1cccc(N2CCNCC2)c1.CC. The topological polar surface area (TPSA) is 15.3 Å². The summed E-state index contributed by atoms with van der Waals surface area (Å²) in [6.07, 6.45) is 0. The minimum absolute atomic E-state index is 1.08. The second-order valence-electron chi connectivity index (χ2n) is 4.07. The van der Waals surface area contributed by atoms with Crippen molar-refractivity contribution in [2.45, 2.75) is 20.8 Å². The molecule has 0 aromatic heterocycles. The second kappa shape index (κ2) is 7.13. The number of piperazine rings is 1. The zero-order valence-electron chi connectivity index (χ0n) is 11.3. The van der Waals surface area contributed by atoms with Gasteiger partial charge in [0.25, 0.3) is 0 Å². The lowest BCUT2D eigenvalue weighted by molar-refractivity contribution is 0.589. The van der Waals surface area contributed by atoms with Crippen molar-refractivity contribution in [3.63, 3.8) is 0 Å². The fourth-order valence-corrected chi connectivity index (χ4v) is 1.89. The van der Waals surface area contributed by atoms with Crippen LogP contribution in [0.4, 0.5) is 5.69 Å². The summed E-state index contributed by atoms with van der Waals surface area (Å²) in [6, 6.07) is 8.64. The van der Waals surface area contributed by atoms with Crippen molar-refractivity contribution in [1.82, 2.24) is 5.32 Å². The number of rotatable bonds is 2. The zero-order valence-corrected chi connectivity index (χ0v) is 11.3. The lowest BCUT2D eigenvalue weighted by Gasteiger charge is -2.29. The zero-order chi connectivity index (χ0) is 12.7. The first-order valence-electron chi connectivity index (χ1n) is 6.49. The molecule has 0 spiro atoms. The van der Waals surface area contributed by atoms with Crippen LogP contribution >= 0.6 is 0 Å². The average Bonchev–Trinajstić information content (AvgIpc) is 2.42. The van der Waals surface area contributed by atoms with E-state index in [9.17, 15) is 0 Å². The van der Waals surface area contributed by atoms with Crippen LogP contribution in [0.2, 0.25) is 0 Å². The number of nitrogens with one attached hydrogen (secondary N) is 1. The van der Waals surface area contributed by atoms with Crippen LogP contribution in [-0.2, 0) is 0 Å². The van der Waals surface area contributed by atoms with Crippen LogP contribution < -0.4 is 10.2 Å².